The van der Waals surface area contributed by atoms with Crippen LogP contribution in [0.1, 0.15) is 42.6 Å². The minimum Gasteiger partial charge on any atom is -0.338 e. The molecule has 0 saturated carbocycles. The predicted molar refractivity (Wildman–Crippen MR) is 117 cm³/mol. The summed E-state index contributed by atoms with van der Waals surface area (Å²) in [5, 5.41) is 0. The molecule has 11 heteroatoms. The number of hydrogen-bond donors (Lipinski definition) is 1. The average Bonchev–Trinajstić information content (AvgIpc) is 2.74. The van der Waals surface area contributed by atoms with Crippen molar-refractivity contribution in [1.29, 1.82) is 0 Å². The molecule has 2 aromatic rings. The molecule has 0 spiro atoms. The van der Waals surface area contributed by atoms with Crippen LogP contribution >= 0.6 is 13.5 Å². The second kappa shape index (κ2) is 11.7. The van der Waals surface area contributed by atoms with Gasteiger partial charge in [0.15, 0.2) is 28.2 Å². The summed E-state index contributed by atoms with van der Waals surface area (Å²) in [6, 6.07) is 9.62. The Hall–Kier alpha value is -2.11. The van der Waals surface area contributed by atoms with Crippen molar-refractivity contribution < 1.29 is 35.3 Å². The van der Waals surface area contributed by atoms with Crippen LogP contribution in [0.25, 0.3) is 0 Å². The standard InChI is InChI=1S/C19H17F4NO4S.C2H6.H2S/c20-14-13(15(21)17(23)18(16(14)22)29(26,27)28)19(25)24-8-6-12(7-9-24)10-11-4-2-1-3-5-11;1-2;/h1-5,12H,6-10H2,(H,26,27,28);1-2H3;1H2. The zero-order valence-electron chi connectivity index (χ0n) is 17.5. The van der Waals surface area contributed by atoms with Crippen LogP contribution < -0.4 is 0 Å². The molecular formula is C21H25F4NO4S2. The Kier molecular flexibility index (Phi) is 10.2. The van der Waals surface area contributed by atoms with Gasteiger partial charge >= 0.3 is 10.1 Å². The third-order valence-corrected chi connectivity index (χ3v) is 5.84. The lowest BCUT2D eigenvalue weighted by Crippen LogP contribution is -2.40. The van der Waals surface area contributed by atoms with Crippen molar-refractivity contribution in [3.8, 4) is 0 Å². The van der Waals surface area contributed by atoms with Crippen molar-refractivity contribution in [3.63, 3.8) is 0 Å². The summed E-state index contributed by atoms with van der Waals surface area (Å²) in [5.74, 6) is -10.0. The molecular weight excluding hydrogens is 470 g/mol. The average molecular weight is 496 g/mol. The summed E-state index contributed by atoms with van der Waals surface area (Å²) in [5.41, 5.74) is -0.409. The number of carbonyl (C=O) groups is 1. The summed E-state index contributed by atoms with van der Waals surface area (Å²) in [4.78, 5) is 11.4. The van der Waals surface area contributed by atoms with E-state index < -0.39 is 49.8 Å². The van der Waals surface area contributed by atoms with Crippen molar-refractivity contribution in [2.45, 2.75) is 38.0 Å². The minimum absolute atomic E-state index is 0. The van der Waals surface area contributed by atoms with Gasteiger partial charge in [-0.25, -0.2) is 17.6 Å². The fourth-order valence-electron chi connectivity index (χ4n) is 3.47. The first-order valence-corrected chi connectivity index (χ1v) is 11.2. The minimum atomic E-state index is -5.57. The van der Waals surface area contributed by atoms with Gasteiger partial charge in [0.2, 0.25) is 0 Å². The van der Waals surface area contributed by atoms with E-state index in [1.54, 1.807) is 0 Å². The van der Waals surface area contributed by atoms with E-state index in [1.165, 1.54) is 0 Å². The van der Waals surface area contributed by atoms with Crippen molar-refractivity contribution in [2.24, 2.45) is 5.92 Å². The Morgan fingerprint density at radius 1 is 0.969 bits per heavy atom. The van der Waals surface area contributed by atoms with Crippen LogP contribution in [0.3, 0.4) is 0 Å². The van der Waals surface area contributed by atoms with Gasteiger partial charge in [0.1, 0.15) is 5.56 Å². The third kappa shape index (κ3) is 6.02. The molecule has 0 atom stereocenters. The van der Waals surface area contributed by atoms with Crippen LogP contribution in [-0.2, 0) is 16.5 Å². The van der Waals surface area contributed by atoms with Gasteiger partial charge in [-0.15, -0.1) is 0 Å². The zero-order chi connectivity index (χ0) is 23.3. The van der Waals surface area contributed by atoms with E-state index in [1.807, 2.05) is 44.2 Å². The summed E-state index contributed by atoms with van der Waals surface area (Å²) in [7, 11) is -5.57. The van der Waals surface area contributed by atoms with E-state index in [0.717, 1.165) is 16.9 Å². The normalized spacial score (nSPS) is 14.3. The molecule has 1 aliphatic rings. The van der Waals surface area contributed by atoms with Gasteiger partial charge in [-0.2, -0.15) is 21.9 Å². The number of halogens is 4. The highest BCUT2D eigenvalue weighted by Crippen LogP contribution is 2.30. The van der Waals surface area contributed by atoms with Crippen LogP contribution in [0.15, 0.2) is 35.2 Å². The first-order valence-electron chi connectivity index (χ1n) is 9.78. The van der Waals surface area contributed by atoms with E-state index in [4.69, 9.17) is 4.55 Å². The highest BCUT2D eigenvalue weighted by molar-refractivity contribution is 7.85. The van der Waals surface area contributed by atoms with Gasteiger partial charge in [-0.3, -0.25) is 9.35 Å². The number of likely N-dealkylation sites (tertiary alicyclic amines) is 1. The maximum Gasteiger partial charge on any atom is 0.300 e. The van der Waals surface area contributed by atoms with Crippen LogP contribution in [-0.4, -0.2) is 36.9 Å². The molecule has 5 nitrogen and oxygen atoms in total. The van der Waals surface area contributed by atoms with Gasteiger partial charge in [0, 0.05) is 13.1 Å². The molecule has 1 amide bonds. The summed E-state index contributed by atoms with van der Waals surface area (Å²) < 4.78 is 87.1. The van der Waals surface area contributed by atoms with Gasteiger partial charge in [-0.05, 0) is 30.7 Å². The van der Waals surface area contributed by atoms with Crippen LogP contribution in [0.4, 0.5) is 17.6 Å². The number of nitrogens with zero attached hydrogens (tertiary/aromatic N) is 1. The third-order valence-electron chi connectivity index (χ3n) is 4.96. The van der Waals surface area contributed by atoms with E-state index in [9.17, 15) is 30.8 Å². The number of rotatable bonds is 4. The molecule has 0 unspecified atom stereocenters. The number of carbonyl (C=O) groups excluding carboxylic acids is 1. The highest BCUT2D eigenvalue weighted by atomic mass is 32.2. The number of hydrogen-bond acceptors (Lipinski definition) is 3. The number of amides is 1. The van der Waals surface area contributed by atoms with Crippen LogP contribution in [0.2, 0.25) is 0 Å². The first kappa shape index (κ1) is 27.9. The lowest BCUT2D eigenvalue weighted by atomic mass is 9.90. The fourth-order valence-corrected chi connectivity index (χ4v) is 4.10. The Morgan fingerprint density at radius 2 is 1.44 bits per heavy atom. The molecule has 1 N–H and O–H groups in total. The van der Waals surface area contributed by atoms with Gasteiger partial charge < -0.3 is 4.90 Å². The van der Waals surface area contributed by atoms with Crippen LogP contribution in [0.5, 0.6) is 0 Å². The molecule has 1 fully saturated rings. The highest BCUT2D eigenvalue weighted by Gasteiger charge is 2.36. The topological polar surface area (TPSA) is 74.7 Å². The van der Waals surface area contributed by atoms with Crippen molar-refractivity contribution in [2.75, 3.05) is 13.1 Å². The SMILES string of the molecule is CC.O=C(c1c(F)c(F)c(S(=O)(=O)O)c(F)c1F)N1CCC(Cc2ccccc2)CC1.S. The summed E-state index contributed by atoms with van der Waals surface area (Å²) in [6.45, 7) is 4.25. The quantitative estimate of drug-likeness (QED) is 0.378. The van der Waals surface area contributed by atoms with Gasteiger partial charge in [0.25, 0.3) is 5.91 Å². The molecule has 32 heavy (non-hydrogen) atoms. The van der Waals surface area contributed by atoms with Gasteiger partial charge in [0.05, 0.1) is 0 Å². The van der Waals surface area contributed by atoms with E-state index >= 15 is 0 Å². The second-order valence-electron chi connectivity index (χ2n) is 6.86. The van der Waals surface area contributed by atoms with Crippen LogP contribution in [0, 0.1) is 29.2 Å². The van der Waals surface area contributed by atoms with Crippen molar-refractivity contribution >= 4 is 29.5 Å². The Labute approximate surface area is 191 Å². The molecule has 0 aliphatic carbocycles. The maximum atomic E-state index is 14.2. The first-order chi connectivity index (χ1) is 14.6. The molecule has 0 aromatic heterocycles. The van der Waals surface area contributed by atoms with Crippen molar-refractivity contribution in [1.82, 2.24) is 4.90 Å². The van der Waals surface area contributed by atoms with Gasteiger partial charge in [-0.1, -0.05) is 44.2 Å². The van der Waals surface area contributed by atoms with E-state index in [0.29, 0.717) is 12.8 Å². The molecule has 1 aliphatic heterocycles. The lowest BCUT2D eigenvalue weighted by Gasteiger charge is -2.32. The Bertz CT molecular complexity index is 1010. The number of piperidine rings is 1. The number of benzene rings is 2. The molecule has 0 bridgehead atoms. The molecule has 1 saturated heterocycles. The smallest absolute Gasteiger partial charge is 0.300 e. The molecule has 178 valence electrons. The molecule has 3 rings (SSSR count). The van der Waals surface area contributed by atoms with E-state index in [-0.39, 0.29) is 32.5 Å². The van der Waals surface area contributed by atoms with E-state index in [2.05, 4.69) is 0 Å². The fraction of sp³-hybridized carbons (Fsp3) is 0.381. The maximum absolute atomic E-state index is 14.2. The Morgan fingerprint density at radius 3 is 1.88 bits per heavy atom. The second-order valence-corrected chi connectivity index (χ2v) is 8.22. The monoisotopic (exact) mass is 495 g/mol. The van der Waals surface area contributed by atoms with Crippen molar-refractivity contribution in [3.05, 3.63) is 64.7 Å². The zero-order valence-corrected chi connectivity index (χ0v) is 19.4. The summed E-state index contributed by atoms with van der Waals surface area (Å²) in [6.07, 6.45) is 1.81. The molecule has 2 aromatic carbocycles. The Balaban J connectivity index is 0.00000166. The lowest BCUT2D eigenvalue weighted by molar-refractivity contribution is 0.0677. The molecule has 0 radical (unpaired) electrons. The largest absolute Gasteiger partial charge is 0.338 e. The predicted octanol–water partition coefficient (Wildman–Crippen LogP) is 4.72. The summed E-state index contributed by atoms with van der Waals surface area (Å²) >= 11 is 0. The molecule has 1 heterocycles.